The van der Waals surface area contributed by atoms with Crippen LogP contribution < -0.4 is 11.3 Å². The van der Waals surface area contributed by atoms with E-state index in [2.05, 4.69) is 43.0 Å². The average Bonchev–Trinajstić information content (AvgIpc) is 2.09. The predicted octanol–water partition coefficient (Wildman–Crippen LogP) is 0.946. The highest BCUT2D eigenvalue weighted by Crippen LogP contribution is 2.32. The van der Waals surface area contributed by atoms with Crippen molar-refractivity contribution >= 4 is 5.96 Å². The summed E-state index contributed by atoms with van der Waals surface area (Å²) in [6.45, 7) is 10.7. The largest absolute Gasteiger partial charge is 0.341 e. The SMILES string of the molecule is CCC1(C)CN(C(=NC(C)C)NN)C1. The van der Waals surface area contributed by atoms with Gasteiger partial charge in [0.15, 0.2) is 0 Å². The summed E-state index contributed by atoms with van der Waals surface area (Å²) >= 11 is 0. The number of likely N-dealkylation sites (tertiary alicyclic amines) is 1. The van der Waals surface area contributed by atoms with E-state index in [1.165, 1.54) is 6.42 Å². The van der Waals surface area contributed by atoms with Crippen LogP contribution in [0.2, 0.25) is 0 Å². The molecule has 0 bridgehead atoms. The molecule has 1 aliphatic heterocycles. The lowest BCUT2D eigenvalue weighted by molar-refractivity contribution is 0.0705. The molecule has 0 aromatic carbocycles. The lowest BCUT2D eigenvalue weighted by Crippen LogP contribution is -2.61. The molecule has 4 nitrogen and oxygen atoms in total. The van der Waals surface area contributed by atoms with Crippen LogP contribution >= 0.6 is 0 Å². The van der Waals surface area contributed by atoms with Crippen molar-refractivity contribution in [3.05, 3.63) is 0 Å². The van der Waals surface area contributed by atoms with Gasteiger partial charge in [-0.1, -0.05) is 13.8 Å². The van der Waals surface area contributed by atoms with Gasteiger partial charge in [0.1, 0.15) is 0 Å². The molecule has 0 amide bonds. The minimum absolute atomic E-state index is 0.287. The topological polar surface area (TPSA) is 53.6 Å². The third-order valence-electron chi connectivity index (χ3n) is 2.81. The number of hydrogen-bond donors (Lipinski definition) is 2. The predicted molar refractivity (Wildman–Crippen MR) is 59.9 cm³/mol. The van der Waals surface area contributed by atoms with Gasteiger partial charge in [-0.25, -0.2) is 10.8 Å². The first kappa shape index (κ1) is 11.3. The minimum Gasteiger partial charge on any atom is -0.341 e. The fourth-order valence-corrected chi connectivity index (χ4v) is 1.70. The Morgan fingerprint density at radius 2 is 2.14 bits per heavy atom. The third kappa shape index (κ3) is 2.38. The fourth-order valence-electron chi connectivity index (χ4n) is 1.70. The molecular formula is C10H22N4. The van der Waals surface area contributed by atoms with Gasteiger partial charge in [-0.2, -0.15) is 0 Å². The molecule has 0 radical (unpaired) electrons. The van der Waals surface area contributed by atoms with Crippen molar-refractivity contribution < 1.29 is 0 Å². The minimum atomic E-state index is 0.287. The van der Waals surface area contributed by atoms with Gasteiger partial charge in [0.2, 0.25) is 5.96 Å². The molecule has 1 saturated heterocycles. The number of rotatable bonds is 2. The molecule has 0 spiro atoms. The van der Waals surface area contributed by atoms with Crippen molar-refractivity contribution in [1.29, 1.82) is 0 Å². The van der Waals surface area contributed by atoms with E-state index in [4.69, 9.17) is 5.84 Å². The van der Waals surface area contributed by atoms with E-state index in [1.807, 2.05) is 0 Å². The second-order valence-corrected chi connectivity index (χ2v) is 4.71. The van der Waals surface area contributed by atoms with Crippen LogP contribution in [-0.2, 0) is 0 Å². The zero-order valence-corrected chi connectivity index (χ0v) is 9.67. The van der Waals surface area contributed by atoms with Gasteiger partial charge < -0.3 is 4.90 Å². The molecule has 4 heteroatoms. The molecule has 82 valence electrons. The van der Waals surface area contributed by atoms with Gasteiger partial charge in [-0.3, -0.25) is 5.43 Å². The second-order valence-electron chi connectivity index (χ2n) is 4.71. The summed E-state index contributed by atoms with van der Waals surface area (Å²) in [5.74, 6) is 6.26. The Labute approximate surface area is 86.5 Å². The first-order valence-electron chi connectivity index (χ1n) is 5.30. The van der Waals surface area contributed by atoms with E-state index in [-0.39, 0.29) is 6.04 Å². The fraction of sp³-hybridized carbons (Fsp3) is 0.900. The van der Waals surface area contributed by atoms with Gasteiger partial charge in [0, 0.05) is 24.5 Å². The normalized spacial score (nSPS) is 21.0. The Morgan fingerprint density at radius 3 is 2.50 bits per heavy atom. The second kappa shape index (κ2) is 4.17. The third-order valence-corrected chi connectivity index (χ3v) is 2.81. The van der Waals surface area contributed by atoms with Crippen LogP contribution in [-0.4, -0.2) is 30.0 Å². The summed E-state index contributed by atoms with van der Waals surface area (Å²) in [7, 11) is 0. The van der Waals surface area contributed by atoms with Crippen molar-refractivity contribution in [3.8, 4) is 0 Å². The van der Waals surface area contributed by atoms with Crippen LogP contribution in [0.3, 0.4) is 0 Å². The first-order valence-corrected chi connectivity index (χ1v) is 5.30. The molecule has 0 saturated carbocycles. The highest BCUT2D eigenvalue weighted by molar-refractivity contribution is 5.80. The summed E-state index contributed by atoms with van der Waals surface area (Å²) in [5, 5.41) is 0. The van der Waals surface area contributed by atoms with Gasteiger partial charge in [-0.15, -0.1) is 0 Å². The maximum Gasteiger partial charge on any atom is 0.208 e. The van der Waals surface area contributed by atoms with E-state index in [9.17, 15) is 0 Å². The average molecular weight is 198 g/mol. The summed E-state index contributed by atoms with van der Waals surface area (Å²) in [6, 6.07) is 0.287. The Hall–Kier alpha value is -0.770. The van der Waals surface area contributed by atoms with Crippen molar-refractivity contribution in [2.75, 3.05) is 13.1 Å². The maximum atomic E-state index is 5.44. The van der Waals surface area contributed by atoms with Crippen LogP contribution in [0.5, 0.6) is 0 Å². The Kier molecular flexibility index (Phi) is 3.37. The van der Waals surface area contributed by atoms with Crippen LogP contribution in [0.4, 0.5) is 0 Å². The van der Waals surface area contributed by atoms with Crippen LogP contribution in [0, 0.1) is 5.41 Å². The molecule has 1 aliphatic rings. The van der Waals surface area contributed by atoms with Gasteiger partial charge in [-0.05, 0) is 20.3 Å². The Balaban J connectivity index is 2.52. The number of guanidine groups is 1. The summed E-state index contributed by atoms with van der Waals surface area (Å²) < 4.78 is 0. The number of aliphatic imine (C=N–C) groups is 1. The van der Waals surface area contributed by atoms with Crippen molar-refractivity contribution in [2.24, 2.45) is 16.3 Å². The molecule has 0 aromatic rings. The van der Waals surface area contributed by atoms with Crippen molar-refractivity contribution in [3.63, 3.8) is 0 Å². The molecule has 0 aromatic heterocycles. The molecule has 0 unspecified atom stereocenters. The molecule has 14 heavy (non-hydrogen) atoms. The number of nitrogens with one attached hydrogen (secondary N) is 1. The van der Waals surface area contributed by atoms with Crippen LogP contribution in [0.15, 0.2) is 4.99 Å². The van der Waals surface area contributed by atoms with Crippen LogP contribution in [0.25, 0.3) is 0 Å². The Bertz CT molecular complexity index is 216. The molecule has 0 aliphatic carbocycles. The van der Waals surface area contributed by atoms with Gasteiger partial charge >= 0.3 is 0 Å². The zero-order valence-electron chi connectivity index (χ0n) is 9.67. The lowest BCUT2D eigenvalue weighted by atomic mass is 9.80. The van der Waals surface area contributed by atoms with E-state index in [0.29, 0.717) is 5.41 Å². The zero-order chi connectivity index (χ0) is 10.8. The van der Waals surface area contributed by atoms with E-state index < -0.39 is 0 Å². The van der Waals surface area contributed by atoms with Gasteiger partial charge in [0.25, 0.3) is 0 Å². The van der Waals surface area contributed by atoms with Gasteiger partial charge in [0.05, 0.1) is 0 Å². The maximum absolute atomic E-state index is 5.44. The lowest BCUT2D eigenvalue weighted by Gasteiger charge is -2.49. The molecule has 1 rings (SSSR count). The standard InChI is InChI=1S/C10H22N4/c1-5-10(4)6-14(7-10)9(13-11)12-8(2)3/h8H,5-7,11H2,1-4H3,(H,12,13). The summed E-state index contributed by atoms with van der Waals surface area (Å²) in [5.41, 5.74) is 3.13. The number of nitrogens with zero attached hydrogens (tertiary/aromatic N) is 2. The quantitative estimate of drug-likeness (QED) is 0.300. The monoisotopic (exact) mass is 198 g/mol. The first-order chi connectivity index (χ1) is 6.50. The van der Waals surface area contributed by atoms with E-state index in [0.717, 1.165) is 19.0 Å². The Morgan fingerprint density at radius 1 is 1.57 bits per heavy atom. The smallest absolute Gasteiger partial charge is 0.208 e. The van der Waals surface area contributed by atoms with E-state index in [1.54, 1.807) is 0 Å². The molecule has 0 atom stereocenters. The highest BCUT2D eigenvalue weighted by atomic mass is 15.4. The summed E-state index contributed by atoms with van der Waals surface area (Å²) in [6.07, 6.45) is 1.21. The number of hydrogen-bond acceptors (Lipinski definition) is 2. The number of hydrazine groups is 1. The van der Waals surface area contributed by atoms with Crippen molar-refractivity contribution in [1.82, 2.24) is 10.3 Å². The highest BCUT2D eigenvalue weighted by Gasteiger charge is 2.38. The molecule has 1 fully saturated rings. The number of nitrogens with two attached hydrogens (primary N) is 1. The molecule has 1 heterocycles. The summed E-state index contributed by atoms with van der Waals surface area (Å²) in [4.78, 5) is 6.62. The molecular weight excluding hydrogens is 176 g/mol. The van der Waals surface area contributed by atoms with Crippen LogP contribution in [0.1, 0.15) is 34.1 Å². The molecule has 3 N–H and O–H groups in total. The van der Waals surface area contributed by atoms with E-state index >= 15 is 0 Å². The van der Waals surface area contributed by atoms with Crippen molar-refractivity contribution in [2.45, 2.75) is 40.2 Å².